The highest BCUT2D eigenvalue weighted by Crippen LogP contribution is 1.93. The molecule has 0 heterocycles. The van der Waals surface area contributed by atoms with Crippen molar-refractivity contribution in [1.82, 2.24) is 0 Å². The Bertz CT molecular complexity index is 97.4. The molecule has 0 aromatic rings. The van der Waals surface area contributed by atoms with Gasteiger partial charge in [0, 0.05) is 5.92 Å². The van der Waals surface area contributed by atoms with Crippen molar-refractivity contribution in [1.29, 1.82) is 0 Å². The number of carbonyl (C=O) groups is 2. The monoisotopic (exact) mass is 144 g/mol. The van der Waals surface area contributed by atoms with Crippen molar-refractivity contribution in [3.8, 4) is 0 Å². The van der Waals surface area contributed by atoms with Gasteiger partial charge < -0.3 is 14.3 Å². The van der Waals surface area contributed by atoms with E-state index in [-0.39, 0.29) is 5.92 Å². The fraction of sp³-hybridized carbons (Fsp3) is 0.714. The molecule has 0 radical (unpaired) electrons. The van der Waals surface area contributed by atoms with Gasteiger partial charge in [-0.1, -0.05) is 6.92 Å². The molecule has 58 valence electrons. The summed E-state index contributed by atoms with van der Waals surface area (Å²) in [6.45, 7) is 3.71. The molecule has 3 nitrogen and oxygen atoms in total. The average Bonchev–Trinajstić information content (AvgIpc) is 1.99. The maximum absolute atomic E-state index is 10.0. The maximum Gasteiger partial charge on any atom is 0.148 e. The molecule has 3 heteroatoms. The van der Waals surface area contributed by atoms with Crippen LogP contribution in [-0.4, -0.2) is 25.3 Å². The van der Waals surface area contributed by atoms with E-state index in [1.807, 2.05) is 0 Å². The molecular formula is C7H12O3. The third-order valence-electron chi connectivity index (χ3n) is 1.05. The van der Waals surface area contributed by atoms with Crippen LogP contribution in [0.1, 0.15) is 13.8 Å². The van der Waals surface area contributed by atoms with Crippen LogP contribution in [0.3, 0.4) is 0 Å². The molecular weight excluding hydrogens is 132 g/mol. The summed E-state index contributed by atoms with van der Waals surface area (Å²) in [5.74, 6) is -0.123. The Hall–Kier alpha value is -0.700. The number of ether oxygens (including phenoxy) is 1. The van der Waals surface area contributed by atoms with Crippen molar-refractivity contribution in [3.05, 3.63) is 0 Å². The second kappa shape index (κ2) is 5.11. The van der Waals surface area contributed by atoms with Crippen LogP contribution in [0.2, 0.25) is 0 Å². The fourth-order valence-corrected chi connectivity index (χ4v) is 0.382. The molecule has 0 amide bonds. The minimum atomic E-state index is -0.401. The van der Waals surface area contributed by atoms with Gasteiger partial charge in [0.05, 0.1) is 6.61 Å². The summed E-state index contributed by atoms with van der Waals surface area (Å²) < 4.78 is 4.94. The summed E-state index contributed by atoms with van der Waals surface area (Å²) in [4.78, 5) is 20.0. The van der Waals surface area contributed by atoms with Crippen LogP contribution in [0.25, 0.3) is 0 Å². The lowest BCUT2D eigenvalue weighted by atomic mass is 10.2. The smallest absolute Gasteiger partial charge is 0.148 e. The maximum atomic E-state index is 10.0. The van der Waals surface area contributed by atoms with Gasteiger partial charge in [-0.05, 0) is 6.92 Å². The lowest BCUT2D eigenvalue weighted by Crippen LogP contribution is -2.15. The molecule has 0 fully saturated rings. The van der Waals surface area contributed by atoms with Crippen LogP contribution >= 0.6 is 0 Å². The lowest BCUT2D eigenvalue weighted by molar-refractivity contribution is -0.120. The zero-order chi connectivity index (χ0) is 7.98. The normalized spacial score (nSPS) is 15.8. The van der Waals surface area contributed by atoms with Crippen molar-refractivity contribution in [3.63, 3.8) is 0 Å². The number of rotatable bonds is 5. The van der Waals surface area contributed by atoms with Crippen molar-refractivity contribution in [2.75, 3.05) is 6.61 Å². The Labute approximate surface area is 60.4 Å². The lowest BCUT2D eigenvalue weighted by Gasteiger charge is -2.06. The zero-order valence-corrected chi connectivity index (χ0v) is 6.24. The summed E-state index contributed by atoms with van der Waals surface area (Å²) in [6, 6.07) is 0. The van der Waals surface area contributed by atoms with E-state index < -0.39 is 6.10 Å². The Kier molecular flexibility index (Phi) is 4.76. The predicted octanol–water partition coefficient (Wildman–Crippen LogP) is 0.425. The first kappa shape index (κ1) is 9.30. The molecule has 0 aliphatic carbocycles. The Morgan fingerprint density at radius 1 is 1.30 bits per heavy atom. The van der Waals surface area contributed by atoms with Crippen LogP contribution in [0.15, 0.2) is 0 Å². The van der Waals surface area contributed by atoms with E-state index in [0.29, 0.717) is 12.9 Å². The quantitative estimate of drug-likeness (QED) is 0.525. The van der Waals surface area contributed by atoms with Gasteiger partial charge in [0.2, 0.25) is 0 Å². The van der Waals surface area contributed by atoms with Crippen LogP contribution in [-0.2, 0) is 14.3 Å². The molecule has 0 aromatic carbocycles. The molecule has 2 atom stereocenters. The van der Waals surface area contributed by atoms with Gasteiger partial charge in [-0.3, -0.25) is 0 Å². The third-order valence-corrected chi connectivity index (χ3v) is 1.05. The summed E-state index contributed by atoms with van der Waals surface area (Å²) in [6.07, 6.45) is 1.11. The van der Waals surface area contributed by atoms with E-state index in [1.54, 1.807) is 13.8 Å². The molecule has 0 saturated heterocycles. The number of carbonyl (C=O) groups excluding carboxylic acids is 2. The van der Waals surface area contributed by atoms with Gasteiger partial charge in [-0.2, -0.15) is 0 Å². The molecule has 0 saturated carbocycles. The second-order valence-corrected chi connectivity index (χ2v) is 2.29. The van der Waals surface area contributed by atoms with E-state index in [0.717, 1.165) is 6.29 Å². The highest BCUT2D eigenvalue weighted by Gasteiger charge is 2.02. The molecule has 0 N–H and O–H groups in total. The van der Waals surface area contributed by atoms with E-state index in [4.69, 9.17) is 4.74 Å². The minimum absolute atomic E-state index is 0.123. The fourth-order valence-electron chi connectivity index (χ4n) is 0.382. The Morgan fingerprint density at radius 2 is 1.90 bits per heavy atom. The molecule has 10 heavy (non-hydrogen) atoms. The second-order valence-electron chi connectivity index (χ2n) is 2.29. The van der Waals surface area contributed by atoms with Gasteiger partial charge in [0.1, 0.15) is 18.7 Å². The summed E-state index contributed by atoms with van der Waals surface area (Å²) in [5.41, 5.74) is 0. The van der Waals surface area contributed by atoms with Crippen molar-refractivity contribution >= 4 is 12.6 Å². The van der Waals surface area contributed by atoms with Gasteiger partial charge >= 0.3 is 0 Å². The highest BCUT2D eigenvalue weighted by molar-refractivity contribution is 5.55. The van der Waals surface area contributed by atoms with Crippen molar-refractivity contribution in [2.45, 2.75) is 20.0 Å². The topological polar surface area (TPSA) is 43.4 Å². The van der Waals surface area contributed by atoms with Gasteiger partial charge in [-0.15, -0.1) is 0 Å². The molecule has 0 aliphatic rings. The van der Waals surface area contributed by atoms with E-state index >= 15 is 0 Å². The molecule has 0 rings (SSSR count). The van der Waals surface area contributed by atoms with Gasteiger partial charge in [0.25, 0.3) is 0 Å². The summed E-state index contributed by atoms with van der Waals surface area (Å²) >= 11 is 0. The summed E-state index contributed by atoms with van der Waals surface area (Å²) in [7, 11) is 0. The zero-order valence-electron chi connectivity index (χ0n) is 6.24. The SMILES string of the molecule is CC(C=O)COC(C)C=O. The van der Waals surface area contributed by atoms with Crippen molar-refractivity contribution in [2.24, 2.45) is 5.92 Å². The first-order chi connectivity index (χ1) is 4.70. The highest BCUT2D eigenvalue weighted by atomic mass is 16.5. The Morgan fingerprint density at radius 3 is 2.30 bits per heavy atom. The average molecular weight is 144 g/mol. The first-order valence-corrected chi connectivity index (χ1v) is 3.23. The molecule has 0 aliphatic heterocycles. The number of hydrogen-bond donors (Lipinski definition) is 0. The minimum Gasteiger partial charge on any atom is -0.370 e. The summed E-state index contributed by atoms with van der Waals surface area (Å²) in [5, 5.41) is 0. The van der Waals surface area contributed by atoms with Crippen LogP contribution in [0.5, 0.6) is 0 Å². The first-order valence-electron chi connectivity index (χ1n) is 3.23. The molecule has 2 unspecified atom stereocenters. The van der Waals surface area contributed by atoms with Crippen LogP contribution in [0, 0.1) is 5.92 Å². The van der Waals surface area contributed by atoms with Gasteiger partial charge in [-0.25, -0.2) is 0 Å². The van der Waals surface area contributed by atoms with Crippen LogP contribution in [0.4, 0.5) is 0 Å². The third kappa shape index (κ3) is 4.21. The molecule has 0 aromatic heterocycles. The number of aldehydes is 2. The van der Waals surface area contributed by atoms with E-state index in [9.17, 15) is 9.59 Å². The number of hydrogen-bond acceptors (Lipinski definition) is 3. The standard InChI is InChI=1S/C7H12O3/c1-6(3-8)5-10-7(2)4-9/h3-4,6-7H,5H2,1-2H3. The molecule has 0 spiro atoms. The van der Waals surface area contributed by atoms with E-state index in [2.05, 4.69) is 0 Å². The van der Waals surface area contributed by atoms with Crippen molar-refractivity contribution < 1.29 is 14.3 Å². The largest absolute Gasteiger partial charge is 0.370 e. The predicted molar refractivity (Wildman–Crippen MR) is 36.7 cm³/mol. The molecule has 0 bridgehead atoms. The van der Waals surface area contributed by atoms with E-state index in [1.165, 1.54) is 0 Å². The van der Waals surface area contributed by atoms with Gasteiger partial charge in [0.15, 0.2) is 0 Å². The Balaban J connectivity index is 3.34. The van der Waals surface area contributed by atoms with Crippen LogP contribution < -0.4 is 0 Å².